The topological polar surface area (TPSA) is 32.3 Å². The molecule has 0 aromatic heterocycles. The molecule has 0 aliphatic heterocycles. The fraction of sp³-hybridized carbons (Fsp3) is 1.00. The van der Waals surface area contributed by atoms with Gasteiger partial charge in [-0.3, -0.25) is 0 Å². The van der Waals surface area contributed by atoms with Crippen molar-refractivity contribution in [2.75, 3.05) is 19.7 Å². The Bertz CT molecular complexity index is 201. The van der Waals surface area contributed by atoms with E-state index in [2.05, 4.69) is 33.0 Å². The van der Waals surface area contributed by atoms with Gasteiger partial charge in [-0.2, -0.15) is 0 Å². The zero-order valence-electron chi connectivity index (χ0n) is 11.5. The fourth-order valence-electron chi connectivity index (χ4n) is 2.91. The summed E-state index contributed by atoms with van der Waals surface area (Å²) in [5.74, 6) is 0.757. The number of rotatable bonds is 7. The normalized spacial score (nSPS) is 19.9. The number of hydrogen-bond donors (Lipinski definition) is 2. The molecule has 0 radical (unpaired) electrons. The van der Waals surface area contributed by atoms with Crippen molar-refractivity contribution in [1.29, 1.82) is 0 Å². The summed E-state index contributed by atoms with van der Waals surface area (Å²) in [7, 11) is 0. The maximum Gasteiger partial charge on any atom is 0.0499 e. The van der Waals surface area contributed by atoms with E-state index in [1.165, 1.54) is 25.7 Å². The molecule has 1 rings (SSSR count). The summed E-state index contributed by atoms with van der Waals surface area (Å²) in [4.78, 5) is 0. The van der Waals surface area contributed by atoms with Crippen molar-refractivity contribution in [1.82, 2.24) is 5.32 Å². The Hall–Kier alpha value is -0.0800. The van der Waals surface area contributed by atoms with Crippen molar-refractivity contribution in [3.05, 3.63) is 0 Å². The highest BCUT2D eigenvalue weighted by atomic mass is 16.3. The average Bonchev–Trinajstić information content (AvgIpc) is 2.07. The van der Waals surface area contributed by atoms with Gasteiger partial charge < -0.3 is 10.4 Å². The molecule has 0 aromatic carbocycles. The highest BCUT2D eigenvalue weighted by Crippen LogP contribution is 2.39. The van der Waals surface area contributed by atoms with Crippen LogP contribution in [-0.4, -0.2) is 24.8 Å². The minimum atomic E-state index is 0.216. The third-order valence-electron chi connectivity index (χ3n) is 3.81. The molecule has 0 amide bonds. The van der Waals surface area contributed by atoms with Gasteiger partial charge in [0.15, 0.2) is 0 Å². The first-order valence-electron chi connectivity index (χ1n) is 6.71. The van der Waals surface area contributed by atoms with E-state index in [1.54, 1.807) is 0 Å². The Morgan fingerprint density at radius 1 is 1.31 bits per heavy atom. The first-order chi connectivity index (χ1) is 7.39. The maximum absolute atomic E-state index is 9.37. The van der Waals surface area contributed by atoms with Gasteiger partial charge in [-0.25, -0.2) is 0 Å². The van der Waals surface area contributed by atoms with E-state index in [0.717, 1.165) is 19.0 Å². The van der Waals surface area contributed by atoms with Gasteiger partial charge in [-0.1, -0.05) is 34.1 Å². The second kappa shape index (κ2) is 5.50. The summed E-state index contributed by atoms with van der Waals surface area (Å²) in [6.45, 7) is 11.6. The molecular formula is C14H29NO. The van der Waals surface area contributed by atoms with Gasteiger partial charge in [0.1, 0.15) is 0 Å². The Morgan fingerprint density at radius 2 is 1.94 bits per heavy atom. The summed E-state index contributed by atoms with van der Waals surface area (Å²) in [6, 6.07) is 0. The summed E-state index contributed by atoms with van der Waals surface area (Å²) >= 11 is 0. The fourth-order valence-corrected chi connectivity index (χ4v) is 2.91. The van der Waals surface area contributed by atoms with Crippen molar-refractivity contribution >= 4 is 0 Å². The lowest BCUT2D eigenvalue weighted by atomic mass is 9.69. The van der Waals surface area contributed by atoms with Crippen LogP contribution >= 0.6 is 0 Å². The molecule has 0 saturated heterocycles. The monoisotopic (exact) mass is 227 g/mol. The second-order valence-corrected chi connectivity index (χ2v) is 6.88. The lowest BCUT2D eigenvalue weighted by Gasteiger charge is -2.41. The van der Waals surface area contributed by atoms with Crippen molar-refractivity contribution < 1.29 is 5.11 Å². The second-order valence-electron chi connectivity index (χ2n) is 6.88. The smallest absolute Gasteiger partial charge is 0.0499 e. The lowest BCUT2D eigenvalue weighted by Crippen LogP contribution is -2.45. The van der Waals surface area contributed by atoms with Crippen LogP contribution < -0.4 is 5.32 Å². The number of hydrogen-bond acceptors (Lipinski definition) is 2. The molecule has 1 fully saturated rings. The van der Waals surface area contributed by atoms with Crippen LogP contribution in [0.5, 0.6) is 0 Å². The standard InChI is InChI=1S/C14H29NO/c1-12(2)8-13(3,4)9-15-10-14(11-16)6-5-7-14/h12,15-16H,5-11H2,1-4H3. The van der Waals surface area contributed by atoms with Gasteiger partial charge >= 0.3 is 0 Å². The molecule has 0 aromatic rings. The van der Waals surface area contributed by atoms with E-state index < -0.39 is 0 Å². The Labute approximate surface area is 101 Å². The van der Waals surface area contributed by atoms with E-state index in [9.17, 15) is 5.11 Å². The van der Waals surface area contributed by atoms with Crippen molar-refractivity contribution in [3.63, 3.8) is 0 Å². The third kappa shape index (κ3) is 4.06. The minimum absolute atomic E-state index is 0.216. The van der Waals surface area contributed by atoms with Crippen LogP contribution in [0.1, 0.15) is 53.4 Å². The largest absolute Gasteiger partial charge is 0.396 e. The Morgan fingerprint density at radius 3 is 2.31 bits per heavy atom. The first-order valence-corrected chi connectivity index (χ1v) is 6.71. The first kappa shape index (κ1) is 14.0. The maximum atomic E-state index is 9.37. The molecule has 0 heterocycles. The SMILES string of the molecule is CC(C)CC(C)(C)CNCC1(CO)CCC1. The van der Waals surface area contributed by atoms with Crippen LogP contribution in [0.2, 0.25) is 0 Å². The van der Waals surface area contributed by atoms with E-state index >= 15 is 0 Å². The minimum Gasteiger partial charge on any atom is -0.396 e. The molecule has 2 nitrogen and oxygen atoms in total. The molecule has 0 unspecified atom stereocenters. The highest BCUT2D eigenvalue weighted by molar-refractivity contribution is 4.89. The average molecular weight is 227 g/mol. The Kier molecular flexibility index (Phi) is 4.81. The quantitative estimate of drug-likeness (QED) is 0.701. The van der Waals surface area contributed by atoms with Gasteiger partial charge in [0.25, 0.3) is 0 Å². The van der Waals surface area contributed by atoms with Crippen molar-refractivity contribution in [2.45, 2.75) is 53.4 Å². The van der Waals surface area contributed by atoms with Gasteiger partial charge in [-0.05, 0) is 30.6 Å². The molecule has 2 heteroatoms. The van der Waals surface area contributed by atoms with Gasteiger partial charge in [-0.15, -0.1) is 0 Å². The van der Waals surface area contributed by atoms with Crippen molar-refractivity contribution in [2.24, 2.45) is 16.7 Å². The molecule has 0 atom stereocenters. The predicted molar refractivity (Wildman–Crippen MR) is 69.5 cm³/mol. The number of aliphatic hydroxyl groups is 1. The van der Waals surface area contributed by atoms with Gasteiger partial charge in [0.05, 0.1) is 0 Å². The molecule has 0 bridgehead atoms. The summed E-state index contributed by atoms with van der Waals surface area (Å²) in [5, 5.41) is 12.9. The van der Waals surface area contributed by atoms with E-state index in [4.69, 9.17) is 0 Å². The van der Waals surface area contributed by atoms with Crippen LogP contribution in [0.3, 0.4) is 0 Å². The molecule has 0 spiro atoms. The Balaban J connectivity index is 2.23. The van der Waals surface area contributed by atoms with E-state index in [-0.39, 0.29) is 5.41 Å². The summed E-state index contributed by atoms with van der Waals surface area (Å²) in [6.07, 6.45) is 4.94. The van der Waals surface area contributed by atoms with Crippen LogP contribution in [0.4, 0.5) is 0 Å². The van der Waals surface area contributed by atoms with Gasteiger partial charge in [0.2, 0.25) is 0 Å². The zero-order valence-corrected chi connectivity index (χ0v) is 11.5. The molecule has 1 saturated carbocycles. The van der Waals surface area contributed by atoms with Crippen LogP contribution in [0.15, 0.2) is 0 Å². The molecule has 16 heavy (non-hydrogen) atoms. The van der Waals surface area contributed by atoms with Crippen LogP contribution in [0.25, 0.3) is 0 Å². The predicted octanol–water partition coefficient (Wildman–Crippen LogP) is 2.81. The molecule has 1 aliphatic carbocycles. The van der Waals surface area contributed by atoms with E-state index in [1.807, 2.05) is 0 Å². The van der Waals surface area contributed by atoms with Crippen LogP contribution in [0, 0.1) is 16.7 Å². The molecule has 96 valence electrons. The molecule has 1 aliphatic rings. The number of aliphatic hydroxyl groups excluding tert-OH is 1. The van der Waals surface area contributed by atoms with E-state index in [0.29, 0.717) is 12.0 Å². The summed E-state index contributed by atoms with van der Waals surface area (Å²) in [5.41, 5.74) is 0.586. The molecular weight excluding hydrogens is 198 g/mol. The highest BCUT2D eigenvalue weighted by Gasteiger charge is 2.36. The molecule has 2 N–H and O–H groups in total. The zero-order chi connectivity index (χ0) is 12.2. The lowest BCUT2D eigenvalue weighted by molar-refractivity contribution is 0.0420. The third-order valence-corrected chi connectivity index (χ3v) is 3.81. The summed E-state index contributed by atoms with van der Waals surface area (Å²) < 4.78 is 0. The van der Waals surface area contributed by atoms with Gasteiger partial charge in [0, 0.05) is 25.1 Å². The number of nitrogens with one attached hydrogen (secondary N) is 1. The van der Waals surface area contributed by atoms with Crippen LogP contribution in [-0.2, 0) is 0 Å². The van der Waals surface area contributed by atoms with Crippen molar-refractivity contribution in [3.8, 4) is 0 Å².